The molecule has 0 aliphatic heterocycles. The Morgan fingerprint density at radius 2 is 2.12 bits per heavy atom. The molecule has 0 radical (unpaired) electrons. The molecule has 0 fully saturated rings. The topological polar surface area (TPSA) is 38.9 Å². The third kappa shape index (κ3) is 3.04. The SMILES string of the molecule is CCCC(N)CCc1cccc2cnccc12. The van der Waals surface area contributed by atoms with Crippen molar-refractivity contribution in [2.75, 3.05) is 0 Å². The molecule has 1 unspecified atom stereocenters. The third-order valence-electron chi connectivity index (χ3n) is 3.21. The van der Waals surface area contributed by atoms with Crippen molar-refractivity contribution in [2.45, 2.75) is 38.6 Å². The Labute approximate surface area is 103 Å². The van der Waals surface area contributed by atoms with E-state index in [9.17, 15) is 0 Å². The van der Waals surface area contributed by atoms with E-state index in [4.69, 9.17) is 5.73 Å². The molecule has 0 aliphatic rings. The summed E-state index contributed by atoms with van der Waals surface area (Å²) in [5, 5.41) is 2.53. The molecule has 2 rings (SSSR count). The molecule has 0 saturated heterocycles. The summed E-state index contributed by atoms with van der Waals surface area (Å²) in [4.78, 5) is 4.15. The molecule has 0 bridgehead atoms. The van der Waals surface area contributed by atoms with E-state index in [1.807, 2.05) is 12.4 Å². The summed E-state index contributed by atoms with van der Waals surface area (Å²) in [6.45, 7) is 2.18. The van der Waals surface area contributed by atoms with Crippen molar-refractivity contribution in [3.8, 4) is 0 Å². The van der Waals surface area contributed by atoms with E-state index in [0.29, 0.717) is 6.04 Å². The van der Waals surface area contributed by atoms with E-state index in [-0.39, 0.29) is 0 Å². The molecule has 0 spiro atoms. The Hall–Kier alpha value is -1.41. The fraction of sp³-hybridized carbons (Fsp3) is 0.400. The van der Waals surface area contributed by atoms with Gasteiger partial charge in [-0.1, -0.05) is 31.5 Å². The second kappa shape index (κ2) is 5.78. The number of aromatic nitrogens is 1. The summed E-state index contributed by atoms with van der Waals surface area (Å²) in [6.07, 6.45) is 8.19. The van der Waals surface area contributed by atoms with E-state index >= 15 is 0 Å². The molecule has 2 heteroatoms. The summed E-state index contributed by atoms with van der Waals surface area (Å²) in [5.41, 5.74) is 7.45. The molecule has 0 saturated carbocycles. The van der Waals surface area contributed by atoms with Crippen molar-refractivity contribution in [3.63, 3.8) is 0 Å². The van der Waals surface area contributed by atoms with Gasteiger partial charge in [-0.05, 0) is 36.3 Å². The quantitative estimate of drug-likeness (QED) is 0.852. The Morgan fingerprint density at radius 3 is 2.94 bits per heavy atom. The molecule has 2 aromatic rings. The number of aryl methyl sites for hydroxylation is 1. The van der Waals surface area contributed by atoms with Crippen LogP contribution >= 0.6 is 0 Å². The van der Waals surface area contributed by atoms with Crippen molar-refractivity contribution in [1.82, 2.24) is 4.98 Å². The van der Waals surface area contributed by atoms with Crippen molar-refractivity contribution in [2.24, 2.45) is 5.73 Å². The van der Waals surface area contributed by atoms with Gasteiger partial charge in [0.2, 0.25) is 0 Å². The molecular weight excluding hydrogens is 208 g/mol. The zero-order valence-electron chi connectivity index (χ0n) is 10.4. The monoisotopic (exact) mass is 228 g/mol. The van der Waals surface area contributed by atoms with Crippen LogP contribution in [0.1, 0.15) is 31.7 Å². The summed E-state index contributed by atoms with van der Waals surface area (Å²) in [5.74, 6) is 0. The lowest BCUT2D eigenvalue weighted by Gasteiger charge is -2.11. The van der Waals surface area contributed by atoms with Gasteiger partial charge in [-0.3, -0.25) is 4.98 Å². The number of nitrogens with two attached hydrogens (primary N) is 1. The van der Waals surface area contributed by atoms with E-state index in [0.717, 1.165) is 19.3 Å². The molecule has 0 aliphatic carbocycles. The van der Waals surface area contributed by atoms with Gasteiger partial charge in [0.1, 0.15) is 0 Å². The van der Waals surface area contributed by atoms with Crippen molar-refractivity contribution in [3.05, 3.63) is 42.2 Å². The predicted octanol–water partition coefficient (Wildman–Crippen LogP) is 3.29. The van der Waals surface area contributed by atoms with Gasteiger partial charge < -0.3 is 5.73 Å². The lowest BCUT2D eigenvalue weighted by Crippen LogP contribution is -2.20. The molecule has 2 N–H and O–H groups in total. The standard InChI is InChI=1S/C15H20N2/c1-2-4-14(16)8-7-12-5-3-6-13-11-17-10-9-15(12)13/h3,5-6,9-11,14H,2,4,7-8,16H2,1H3. The molecule has 1 heterocycles. The summed E-state index contributed by atoms with van der Waals surface area (Å²) >= 11 is 0. The molecule has 17 heavy (non-hydrogen) atoms. The Morgan fingerprint density at radius 1 is 1.24 bits per heavy atom. The highest BCUT2D eigenvalue weighted by atomic mass is 14.6. The fourth-order valence-corrected chi connectivity index (χ4v) is 2.26. The second-order valence-corrected chi connectivity index (χ2v) is 4.60. The summed E-state index contributed by atoms with van der Waals surface area (Å²) in [7, 11) is 0. The second-order valence-electron chi connectivity index (χ2n) is 4.60. The van der Waals surface area contributed by atoms with Crippen LogP contribution in [0.3, 0.4) is 0 Å². The number of pyridine rings is 1. The first-order valence-corrected chi connectivity index (χ1v) is 6.38. The van der Waals surface area contributed by atoms with Crippen LogP contribution in [0.4, 0.5) is 0 Å². The van der Waals surface area contributed by atoms with E-state index in [1.54, 1.807) is 0 Å². The van der Waals surface area contributed by atoms with Gasteiger partial charge in [-0.25, -0.2) is 0 Å². The molecule has 0 amide bonds. The molecule has 1 atom stereocenters. The van der Waals surface area contributed by atoms with E-state index in [1.165, 1.54) is 22.8 Å². The van der Waals surface area contributed by atoms with Gasteiger partial charge in [-0.2, -0.15) is 0 Å². The molecule has 1 aromatic heterocycles. The van der Waals surface area contributed by atoms with Crippen LogP contribution in [0.25, 0.3) is 10.8 Å². The first kappa shape index (κ1) is 12.1. The molecule has 1 aromatic carbocycles. The van der Waals surface area contributed by atoms with E-state index in [2.05, 4.69) is 36.2 Å². The van der Waals surface area contributed by atoms with Crippen molar-refractivity contribution < 1.29 is 0 Å². The number of hydrogen-bond donors (Lipinski definition) is 1. The minimum Gasteiger partial charge on any atom is -0.328 e. The highest BCUT2D eigenvalue weighted by Gasteiger charge is 2.04. The zero-order chi connectivity index (χ0) is 12.1. The van der Waals surface area contributed by atoms with Crippen LogP contribution in [0, 0.1) is 0 Å². The van der Waals surface area contributed by atoms with Crippen LogP contribution in [0.2, 0.25) is 0 Å². The number of benzene rings is 1. The maximum absolute atomic E-state index is 6.06. The van der Waals surface area contributed by atoms with Crippen LogP contribution in [-0.4, -0.2) is 11.0 Å². The molecule has 90 valence electrons. The lowest BCUT2D eigenvalue weighted by molar-refractivity contribution is 0.562. The van der Waals surface area contributed by atoms with Crippen LogP contribution < -0.4 is 5.73 Å². The summed E-state index contributed by atoms with van der Waals surface area (Å²) in [6, 6.07) is 8.83. The van der Waals surface area contributed by atoms with Gasteiger partial charge in [-0.15, -0.1) is 0 Å². The third-order valence-corrected chi connectivity index (χ3v) is 3.21. The number of nitrogens with zero attached hydrogens (tertiary/aromatic N) is 1. The van der Waals surface area contributed by atoms with Gasteiger partial charge in [0, 0.05) is 23.8 Å². The number of rotatable bonds is 5. The van der Waals surface area contributed by atoms with Crippen LogP contribution in [0.5, 0.6) is 0 Å². The average Bonchev–Trinajstić information content (AvgIpc) is 2.36. The van der Waals surface area contributed by atoms with Crippen LogP contribution in [0.15, 0.2) is 36.7 Å². The maximum Gasteiger partial charge on any atom is 0.0346 e. The molecule has 2 nitrogen and oxygen atoms in total. The number of hydrogen-bond acceptors (Lipinski definition) is 2. The Bertz CT molecular complexity index is 474. The first-order valence-electron chi connectivity index (χ1n) is 6.38. The van der Waals surface area contributed by atoms with Gasteiger partial charge >= 0.3 is 0 Å². The smallest absolute Gasteiger partial charge is 0.0346 e. The first-order chi connectivity index (χ1) is 8.31. The van der Waals surface area contributed by atoms with Crippen LogP contribution in [-0.2, 0) is 6.42 Å². The Balaban J connectivity index is 2.13. The normalized spacial score (nSPS) is 12.8. The average molecular weight is 228 g/mol. The highest BCUT2D eigenvalue weighted by molar-refractivity contribution is 5.84. The van der Waals surface area contributed by atoms with Gasteiger partial charge in [0.25, 0.3) is 0 Å². The summed E-state index contributed by atoms with van der Waals surface area (Å²) < 4.78 is 0. The van der Waals surface area contributed by atoms with Crippen molar-refractivity contribution in [1.29, 1.82) is 0 Å². The van der Waals surface area contributed by atoms with Gasteiger partial charge in [0.05, 0.1) is 0 Å². The minimum absolute atomic E-state index is 0.331. The lowest BCUT2D eigenvalue weighted by atomic mass is 9.99. The Kier molecular flexibility index (Phi) is 4.10. The van der Waals surface area contributed by atoms with Gasteiger partial charge in [0.15, 0.2) is 0 Å². The fourth-order valence-electron chi connectivity index (χ4n) is 2.26. The molecular formula is C15H20N2. The zero-order valence-corrected chi connectivity index (χ0v) is 10.4. The maximum atomic E-state index is 6.06. The minimum atomic E-state index is 0.331. The number of fused-ring (bicyclic) bond motifs is 1. The predicted molar refractivity (Wildman–Crippen MR) is 72.9 cm³/mol. The van der Waals surface area contributed by atoms with Crippen molar-refractivity contribution >= 4 is 10.8 Å². The van der Waals surface area contributed by atoms with E-state index < -0.39 is 0 Å². The largest absolute Gasteiger partial charge is 0.328 e. The highest BCUT2D eigenvalue weighted by Crippen LogP contribution is 2.19.